The third kappa shape index (κ3) is 3.41. The van der Waals surface area contributed by atoms with Crippen molar-refractivity contribution in [2.45, 2.75) is 6.92 Å². The Bertz CT molecular complexity index is 52.3. The topological polar surface area (TPSA) is 0 Å². The van der Waals surface area contributed by atoms with Crippen LogP contribution in [0.3, 0.4) is 0 Å². The predicted octanol–water partition coefficient (Wildman–Crippen LogP) is 2.05. The molecule has 0 spiro atoms. The Balaban J connectivity index is 3.07. The van der Waals surface area contributed by atoms with E-state index in [1.807, 2.05) is 6.92 Å². The van der Waals surface area contributed by atoms with Crippen LogP contribution in [0.15, 0.2) is 24.6 Å². The molecule has 0 amide bonds. The summed E-state index contributed by atoms with van der Waals surface area (Å²) >= 11 is 0. The third-order valence-electron chi connectivity index (χ3n) is 0.376. The highest BCUT2D eigenvalue weighted by Crippen LogP contribution is 1.73. The molecule has 0 radical (unpaired) electrons. The monoisotopic (exact) mass is 86.1 g/mol. The first-order chi connectivity index (χ1) is 2.91. The summed E-state index contributed by atoms with van der Waals surface area (Å²) < 4.78 is 10.9. The molecule has 0 unspecified atom stereocenters. The summed E-state index contributed by atoms with van der Waals surface area (Å²) in [6, 6.07) is 0. The fourth-order valence-corrected chi connectivity index (χ4v) is 0.153. The molecule has 0 aromatic rings. The smallest absolute Gasteiger partial charge is 0.0866 e. The summed E-state index contributed by atoms with van der Waals surface area (Å²) in [4.78, 5) is 0. The minimum absolute atomic E-state index is 0.500. The van der Waals surface area contributed by atoms with Crippen LogP contribution in [-0.2, 0) is 0 Å². The quantitative estimate of drug-likeness (QED) is 0.428. The minimum atomic E-state index is 0.500. The molecular formula is C5H7F. The molecule has 0 rings (SSSR count). The van der Waals surface area contributed by atoms with E-state index in [1.54, 1.807) is 12.2 Å². The lowest BCUT2D eigenvalue weighted by molar-refractivity contribution is 0.721. The number of halogens is 1. The van der Waals surface area contributed by atoms with E-state index in [-0.39, 0.29) is 0 Å². The zero-order valence-electron chi connectivity index (χ0n) is 3.69. The molecule has 0 saturated carbocycles. The van der Waals surface area contributed by atoms with Crippen molar-refractivity contribution in [3.8, 4) is 0 Å². The van der Waals surface area contributed by atoms with Crippen molar-refractivity contribution in [2.24, 2.45) is 0 Å². The molecule has 0 heterocycles. The average Bonchev–Trinajstić information content (AvgIpc) is 1.61. The molecule has 0 aromatic heterocycles. The summed E-state index contributed by atoms with van der Waals surface area (Å²) in [5, 5.41) is 0. The van der Waals surface area contributed by atoms with Crippen LogP contribution in [-0.4, -0.2) is 0 Å². The van der Waals surface area contributed by atoms with Crippen LogP contribution in [0.4, 0.5) is 4.39 Å². The molecule has 0 aliphatic heterocycles. The molecule has 0 aromatic carbocycles. The van der Waals surface area contributed by atoms with Gasteiger partial charge in [-0.3, -0.25) is 0 Å². The Morgan fingerprint density at radius 2 is 2.00 bits per heavy atom. The van der Waals surface area contributed by atoms with Crippen LogP contribution in [0.25, 0.3) is 0 Å². The van der Waals surface area contributed by atoms with Crippen molar-refractivity contribution < 1.29 is 4.39 Å². The van der Waals surface area contributed by atoms with Crippen LogP contribution in [0.1, 0.15) is 6.92 Å². The van der Waals surface area contributed by atoms with E-state index in [0.29, 0.717) is 6.33 Å². The summed E-state index contributed by atoms with van der Waals surface area (Å²) in [6.07, 6.45) is 5.22. The van der Waals surface area contributed by atoms with Crippen LogP contribution < -0.4 is 0 Å². The first-order valence-electron chi connectivity index (χ1n) is 1.80. The maximum Gasteiger partial charge on any atom is 0.0866 e. The molecule has 6 heavy (non-hydrogen) atoms. The average molecular weight is 86.1 g/mol. The van der Waals surface area contributed by atoms with Gasteiger partial charge in [-0.15, -0.1) is 0 Å². The van der Waals surface area contributed by atoms with Crippen LogP contribution >= 0.6 is 0 Å². The highest BCUT2D eigenvalue weighted by molar-refractivity contribution is 4.96. The van der Waals surface area contributed by atoms with E-state index in [9.17, 15) is 4.39 Å². The van der Waals surface area contributed by atoms with Gasteiger partial charge in [0.05, 0.1) is 6.33 Å². The Morgan fingerprint density at radius 3 is 2.17 bits per heavy atom. The maximum atomic E-state index is 10.9. The highest BCUT2D eigenvalue weighted by atomic mass is 19.1. The van der Waals surface area contributed by atoms with Gasteiger partial charge in [-0.25, -0.2) is 4.39 Å². The molecule has 0 fully saturated rings. The van der Waals surface area contributed by atoms with Crippen molar-refractivity contribution >= 4 is 0 Å². The summed E-state index contributed by atoms with van der Waals surface area (Å²) in [5.41, 5.74) is 0. The minimum Gasteiger partial charge on any atom is -0.216 e. The molecule has 0 nitrogen and oxygen atoms in total. The fourth-order valence-electron chi connectivity index (χ4n) is 0.153. The van der Waals surface area contributed by atoms with E-state index in [0.717, 1.165) is 0 Å². The normalized spacial score (nSPS) is 11.7. The van der Waals surface area contributed by atoms with E-state index >= 15 is 0 Å². The predicted molar refractivity (Wildman–Crippen MR) is 25.1 cm³/mol. The SMILES string of the molecule is CC=CC=CF. The fraction of sp³-hybridized carbons (Fsp3) is 0.200. The van der Waals surface area contributed by atoms with E-state index < -0.39 is 0 Å². The molecular weight excluding hydrogens is 79.1 g/mol. The van der Waals surface area contributed by atoms with Gasteiger partial charge >= 0.3 is 0 Å². The molecule has 0 aliphatic carbocycles. The van der Waals surface area contributed by atoms with Crippen molar-refractivity contribution in [2.75, 3.05) is 0 Å². The van der Waals surface area contributed by atoms with Crippen LogP contribution in [0.2, 0.25) is 0 Å². The number of hydrogen-bond acceptors (Lipinski definition) is 0. The molecule has 0 aliphatic rings. The van der Waals surface area contributed by atoms with Crippen LogP contribution in [0.5, 0.6) is 0 Å². The van der Waals surface area contributed by atoms with Gasteiger partial charge in [0.15, 0.2) is 0 Å². The summed E-state index contributed by atoms with van der Waals surface area (Å²) in [6.45, 7) is 1.83. The lowest BCUT2D eigenvalue weighted by Crippen LogP contribution is -1.38. The van der Waals surface area contributed by atoms with E-state index in [2.05, 4.69) is 0 Å². The molecule has 0 saturated heterocycles. The Morgan fingerprint density at radius 1 is 1.33 bits per heavy atom. The third-order valence-corrected chi connectivity index (χ3v) is 0.376. The van der Waals surface area contributed by atoms with Gasteiger partial charge in [-0.1, -0.05) is 12.2 Å². The van der Waals surface area contributed by atoms with Gasteiger partial charge in [0, 0.05) is 0 Å². The zero-order valence-corrected chi connectivity index (χ0v) is 3.69. The largest absolute Gasteiger partial charge is 0.216 e. The van der Waals surface area contributed by atoms with Crippen molar-refractivity contribution in [1.29, 1.82) is 0 Å². The molecule has 0 N–H and O–H groups in total. The summed E-state index contributed by atoms with van der Waals surface area (Å²) in [5.74, 6) is 0. The summed E-state index contributed by atoms with van der Waals surface area (Å²) in [7, 11) is 0. The van der Waals surface area contributed by atoms with E-state index in [1.165, 1.54) is 6.08 Å². The first kappa shape index (κ1) is 5.41. The zero-order chi connectivity index (χ0) is 4.83. The maximum absolute atomic E-state index is 10.9. The molecule has 0 atom stereocenters. The van der Waals surface area contributed by atoms with Crippen molar-refractivity contribution in [3.63, 3.8) is 0 Å². The van der Waals surface area contributed by atoms with Gasteiger partial charge in [-0.2, -0.15) is 0 Å². The van der Waals surface area contributed by atoms with Gasteiger partial charge in [0.25, 0.3) is 0 Å². The van der Waals surface area contributed by atoms with Gasteiger partial charge < -0.3 is 0 Å². The second kappa shape index (κ2) is 4.41. The standard InChI is InChI=1S/C5H7F/c1-2-3-4-5-6/h2-5H,1H3. The second-order valence-corrected chi connectivity index (χ2v) is 0.844. The molecule has 34 valence electrons. The van der Waals surface area contributed by atoms with Crippen molar-refractivity contribution in [1.82, 2.24) is 0 Å². The number of hydrogen-bond donors (Lipinski definition) is 0. The first-order valence-corrected chi connectivity index (χ1v) is 1.80. The molecule has 1 heteroatoms. The van der Waals surface area contributed by atoms with Crippen LogP contribution in [0, 0.1) is 0 Å². The Hall–Kier alpha value is -0.590. The Kier molecular flexibility index (Phi) is 3.98. The van der Waals surface area contributed by atoms with Crippen molar-refractivity contribution in [3.05, 3.63) is 24.6 Å². The van der Waals surface area contributed by atoms with Gasteiger partial charge in [0.1, 0.15) is 0 Å². The lowest BCUT2D eigenvalue weighted by atomic mass is 10.5. The second-order valence-electron chi connectivity index (χ2n) is 0.844. The van der Waals surface area contributed by atoms with Gasteiger partial charge in [0.2, 0.25) is 0 Å². The number of rotatable bonds is 1. The lowest BCUT2D eigenvalue weighted by Gasteiger charge is -1.60. The van der Waals surface area contributed by atoms with Gasteiger partial charge in [-0.05, 0) is 13.0 Å². The van der Waals surface area contributed by atoms with E-state index in [4.69, 9.17) is 0 Å². The number of allylic oxidation sites excluding steroid dienone is 3. The highest BCUT2D eigenvalue weighted by Gasteiger charge is 1.51. The Labute approximate surface area is 37.0 Å². The molecule has 0 bridgehead atoms.